The molecule has 8 nitrogen and oxygen atoms in total. The van der Waals surface area contributed by atoms with E-state index in [4.69, 9.17) is 0 Å². The van der Waals surface area contributed by atoms with Crippen molar-refractivity contribution < 1.29 is 21.6 Å². The van der Waals surface area contributed by atoms with Crippen molar-refractivity contribution in [2.45, 2.75) is 56.3 Å². The van der Waals surface area contributed by atoms with Gasteiger partial charge in [-0.25, -0.2) is 21.1 Å². The number of nitrogens with one attached hydrogen (secondary N) is 1. The number of piperidine rings is 1. The molecule has 2 aliphatic heterocycles. The number of carbonyl (C=O) groups is 1. The van der Waals surface area contributed by atoms with Gasteiger partial charge in [-0.15, -0.1) is 0 Å². The van der Waals surface area contributed by atoms with E-state index in [1.165, 1.54) is 16.4 Å². The summed E-state index contributed by atoms with van der Waals surface area (Å²) < 4.78 is 54.8. The Labute approximate surface area is 221 Å². The highest BCUT2D eigenvalue weighted by Gasteiger charge is 2.32. The van der Waals surface area contributed by atoms with E-state index in [2.05, 4.69) is 5.32 Å². The van der Waals surface area contributed by atoms with Gasteiger partial charge in [-0.3, -0.25) is 4.79 Å². The van der Waals surface area contributed by atoms with Gasteiger partial charge in [0.2, 0.25) is 26.0 Å². The lowest BCUT2D eigenvalue weighted by molar-refractivity contribution is -0.120. The zero-order chi connectivity index (χ0) is 26.3. The number of sulfonamides is 2. The van der Waals surface area contributed by atoms with Gasteiger partial charge >= 0.3 is 0 Å². The molecular formula is C27H37N3O5S2. The molecule has 4 rings (SSSR count). The van der Waals surface area contributed by atoms with Gasteiger partial charge in [-0.1, -0.05) is 43.2 Å². The van der Waals surface area contributed by atoms with Crippen LogP contribution in [0, 0.1) is 5.92 Å². The van der Waals surface area contributed by atoms with Gasteiger partial charge in [0.1, 0.15) is 0 Å². The molecule has 0 saturated carbocycles. The van der Waals surface area contributed by atoms with E-state index in [-0.39, 0.29) is 23.1 Å². The van der Waals surface area contributed by atoms with Crippen molar-refractivity contribution in [3.63, 3.8) is 0 Å². The zero-order valence-corrected chi connectivity index (χ0v) is 22.9. The second-order valence-electron chi connectivity index (χ2n) is 9.93. The molecule has 2 saturated heterocycles. The number of nitrogens with zero attached hydrogens (tertiary/aromatic N) is 2. The predicted octanol–water partition coefficient (Wildman–Crippen LogP) is 3.86. The van der Waals surface area contributed by atoms with Crippen LogP contribution < -0.4 is 5.32 Å². The monoisotopic (exact) mass is 547 g/mol. The van der Waals surface area contributed by atoms with Crippen molar-refractivity contribution in [1.29, 1.82) is 0 Å². The number of rotatable bonds is 9. The first kappa shape index (κ1) is 27.8. The maximum atomic E-state index is 13.0. The summed E-state index contributed by atoms with van der Waals surface area (Å²) in [6.45, 7) is 1.67. The SMILES string of the molecule is O=C(Nc1ccc(S(=O)(=O)N2CCCCCC2)cc1)[C@H]1CCCN(S(=O)(=O)CCCc2ccccc2)C1. The summed E-state index contributed by atoms with van der Waals surface area (Å²) in [4.78, 5) is 13.2. The van der Waals surface area contributed by atoms with Crippen LogP contribution in [0.1, 0.15) is 50.5 Å². The second-order valence-corrected chi connectivity index (χ2v) is 14.0. The largest absolute Gasteiger partial charge is 0.326 e. The highest BCUT2D eigenvalue weighted by molar-refractivity contribution is 7.89. The van der Waals surface area contributed by atoms with Gasteiger partial charge in [0.25, 0.3) is 0 Å². The van der Waals surface area contributed by atoms with Crippen molar-refractivity contribution in [1.82, 2.24) is 8.61 Å². The van der Waals surface area contributed by atoms with Crippen molar-refractivity contribution >= 4 is 31.6 Å². The normalized spacial score (nSPS) is 20.3. The molecule has 0 aromatic heterocycles. The molecule has 10 heteroatoms. The van der Waals surface area contributed by atoms with Crippen molar-refractivity contribution in [3.05, 3.63) is 60.2 Å². The number of amides is 1. The summed E-state index contributed by atoms with van der Waals surface area (Å²) in [6.07, 6.45) is 6.30. The lowest BCUT2D eigenvalue weighted by Crippen LogP contribution is -2.44. The Kier molecular flexibility index (Phi) is 9.39. The van der Waals surface area contributed by atoms with Gasteiger partial charge in [0.15, 0.2) is 0 Å². The van der Waals surface area contributed by atoms with E-state index in [0.717, 1.165) is 31.2 Å². The number of hydrogen-bond acceptors (Lipinski definition) is 5. The van der Waals surface area contributed by atoms with Gasteiger partial charge in [0.05, 0.1) is 16.6 Å². The van der Waals surface area contributed by atoms with Crippen LogP contribution in [0.25, 0.3) is 0 Å². The summed E-state index contributed by atoms with van der Waals surface area (Å²) in [6, 6.07) is 16.1. The summed E-state index contributed by atoms with van der Waals surface area (Å²) in [7, 11) is -7.00. The average molecular weight is 548 g/mol. The molecule has 0 radical (unpaired) electrons. The van der Waals surface area contributed by atoms with Gasteiger partial charge in [0, 0.05) is 31.9 Å². The Bertz CT molecular complexity index is 1240. The van der Waals surface area contributed by atoms with Gasteiger partial charge in [-0.05, 0) is 68.4 Å². The number of hydrogen-bond donors (Lipinski definition) is 1. The summed E-state index contributed by atoms with van der Waals surface area (Å²) in [5, 5.41) is 2.85. The van der Waals surface area contributed by atoms with Crippen LogP contribution in [0.2, 0.25) is 0 Å². The van der Waals surface area contributed by atoms with E-state index in [0.29, 0.717) is 51.0 Å². The van der Waals surface area contributed by atoms with E-state index in [1.54, 1.807) is 16.4 Å². The van der Waals surface area contributed by atoms with Crippen molar-refractivity contribution in [3.8, 4) is 0 Å². The van der Waals surface area contributed by atoms with Crippen LogP contribution in [0.4, 0.5) is 5.69 Å². The third-order valence-electron chi connectivity index (χ3n) is 7.18. The zero-order valence-electron chi connectivity index (χ0n) is 21.2. The van der Waals surface area contributed by atoms with E-state index >= 15 is 0 Å². The fourth-order valence-electron chi connectivity index (χ4n) is 5.03. The minimum atomic E-state index is -3.55. The molecule has 2 fully saturated rings. The van der Waals surface area contributed by atoms with Crippen LogP contribution in [-0.2, 0) is 31.3 Å². The van der Waals surface area contributed by atoms with Crippen LogP contribution in [0.15, 0.2) is 59.5 Å². The van der Waals surface area contributed by atoms with E-state index in [1.807, 2.05) is 30.3 Å². The Hall–Kier alpha value is -2.27. The predicted molar refractivity (Wildman–Crippen MR) is 145 cm³/mol. The Balaban J connectivity index is 1.31. The van der Waals surface area contributed by atoms with E-state index in [9.17, 15) is 21.6 Å². The molecule has 0 aliphatic carbocycles. The number of anilines is 1. The standard InChI is InChI=1S/C27H37N3O5S2/c31-27(28-25-14-16-26(17-15-25)37(34,35)29-18-6-1-2-7-19-29)24-13-8-20-30(22-24)36(32,33)21-9-12-23-10-4-3-5-11-23/h3-5,10-11,14-17,24H,1-2,6-9,12-13,18-22H2,(H,28,31)/t24-/m0/s1. The Morgan fingerprint density at radius 1 is 0.811 bits per heavy atom. The van der Waals surface area contributed by atoms with Crippen LogP contribution in [-0.4, -0.2) is 63.3 Å². The van der Waals surface area contributed by atoms with Gasteiger partial charge < -0.3 is 5.32 Å². The molecular weight excluding hydrogens is 510 g/mol. The highest BCUT2D eigenvalue weighted by atomic mass is 32.2. The topological polar surface area (TPSA) is 104 Å². The molecule has 2 heterocycles. The fraction of sp³-hybridized carbons (Fsp3) is 0.519. The smallest absolute Gasteiger partial charge is 0.243 e. The first-order chi connectivity index (χ1) is 17.8. The molecule has 202 valence electrons. The molecule has 2 aliphatic rings. The van der Waals surface area contributed by atoms with Crippen molar-refractivity contribution in [2.75, 3.05) is 37.2 Å². The molecule has 0 spiro atoms. The Morgan fingerprint density at radius 3 is 2.14 bits per heavy atom. The first-order valence-corrected chi connectivity index (χ1v) is 16.2. The fourth-order valence-corrected chi connectivity index (χ4v) is 8.13. The molecule has 2 aromatic carbocycles. The van der Waals surface area contributed by atoms with Crippen LogP contribution >= 0.6 is 0 Å². The third-order valence-corrected chi connectivity index (χ3v) is 11.0. The summed E-state index contributed by atoms with van der Waals surface area (Å²) >= 11 is 0. The minimum absolute atomic E-state index is 0.0587. The lowest BCUT2D eigenvalue weighted by Gasteiger charge is -2.31. The van der Waals surface area contributed by atoms with Crippen molar-refractivity contribution in [2.24, 2.45) is 5.92 Å². The van der Waals surface area contributed by atoms with Crippen LogP contribution in [0.3, 0.4) is 0 Å². The van der Waals surface area contributed by atoms with E-state index < -0.39 is 26.0 Å². The Morgan fingerprint density at radius 2 is 1.46 bits per heavy atom. The number of carbonyl (C=O) groups excluding carboxylic acids is 1. The molecule has 1 N–H and O–H groups in total. The number of benzene rings is 2. The quantitative estimate of drug-likeness (QED) is 0.513. The second kappa shape index (κ2) is 12.5. The molecule has 0 unspecified atom stereocenters. The molecule has 0 bridgehead atoms. The highest BCUT2D eigenvalue weighted by Crippen LogP contribution is 2.24. The van der Waals surface area contributed by atoms with Crippen LogP contribution in [0.5, 0.6) is 0 Å². The maximum absolute atomic E-state index is 13.0. The van der Waals surface area contributed by atoms with Gasteiger partial charge in [-0.2, -0.15) is 4.31 Å². The summed E-state index contributed by atoms with van der Waals surface area (Å²) in [5.74, 6) is -0.631. The molecule has 1 atom stereocenters. The lowest BCUT2D eigenvalue weighted by atomic mass is 9.99. The summed E-state index contributed by atoms with van der Waals surface area (Å²) in [5.41, 5.74) is 1.61. The first-order valence-electron chi connectivity index (χ1n) is 13.2. The molecule has 2 aromatic rings. The minimum Gasteiger partial charge on any atom is -0.326 e. The third kappa shape index (κ3) is 7.40. The molecule has 1 amide bonds. The maximum Gasteiger partial charge on any atom is 0.243 e. The molecule has 37 heavy (non-hydrogen) atoms. The number of aryl methyl sites for hydroxylation is 1. The average Bonchev–Trinajstić information content (AvgIpc) is 3.20.